The number of methoxy groups -OCH3 is 1. The van der Waals surface area contributed by atoms with Crippen molar-refractivity contribution in [3.63, 3.8) is 0 Å². The van der Waals surface area contributed by atoms with Gasteiger partial charge in [0.1, 0.15) is 0 Å². The molecule has 0 aromatic heterocycles. The average Bonchev–Trinajstić information content (AvgIpc) is 2.26. The molecule has 0 aromatic carbocycles. The highest BCUT2D eigenvalue weighted by Gasteiger charge is 2.10. The third kappa shape index (κ3) is 11.8. The molecule has 110 valence electrons. The summed E-state index contributed by atoms with van der Waals surface area (Å²) < 4.78 is 4.58. The lowest BCUT2D eigenvalue weighted by Gasteiger charge is -2.18. The van der Waals surface area contributed by atoms with Gasteiger partial charge in [-0.3, -0.25) is 0 Å². The van der Waals surface area contributed by atoms with Crippen LogP contribution >= 0.6 is 0 Å². The Labute approximate surface area is 118 Å². The van der Waals surface area contributed by atoms with Gasteiger partial charge in [-0.1, -0.05) is 52.7 Å². The number of allylic oxidation sites excluding steroid dienone is 3. The number of rotatable bonds is 7. The largest absolute Gasteiger partial charge is 0.466 e. The molecular weight excluding hydrogens is 236 g/mol. The fraction of sp³-hybridized carbons (Fsp3) is 0.706. The molecule has 0 N–H and O–H groups in total. The van der Waals surface area contributed by atoms with Crippen molar-refractivity contribution < 1.29 is 9.53 Å². The van der Waals surface area contributed by atoms with Gasteiger partial charge in [0.15, 0.2) is 0 Å². The van der Waals surface area contributed by atoms with Crippen LogP contribution in [0.15, 0.2) is 23.8 Å². The second-order valence-electron chi connectivity index (χ2n) is 6.61. The Morgan fingerprint density at radius 1 is 1.32 bits per heavy atom. The van der Waals surface area contributed by atoms with Crippen molar-refractivity contribution in [2.75, 3.05) is 7.11 Å². The summed E-state index contributed by atoms with van der Waals surface area (Å²) in [5, 5.41) is 0. The number of carbonyl (C=O) groups excluding carboxylic acids is 1. The van der Waals surface area contributed by atoms with Gasteiger partial charge in [0.05, 0.1) is 7.11 Å². The molecule has 0 radical (unpaired) electrons. The minimum Gasteiger partial charge on any atom is -0.466 e. The maximum Gasteiger partial charge on any atom is 0.330 e. The number of hydrogen-bond acceptors (Lipinski definition) is 2. The normalized spacial score (nSPS) is 14.7. The van der Waals surface area contributed by atoms with Gasteiger partial charge in [-0.05, 0) is 36.7 Å². The molecule has 0 aliphatic rings. The molecule has 1 atom stereocenters. The van der Waals surface area contributed by atoms with Crippen molar-refractivity contribution in [1.29, 1.82) is 0 Å². The monoisotopic (exact) mass is 266 g/mol. The molecule has 2 nitrogen and oxygen atoms in total. The van der Waals surface area contributed by atoms with Crippen molar-refractivity contribution in [2.24, 2.45) is 11.3 Å². The van der Waals surface area contributed by atoms with Crippen LogP contribution < -0.4 is 0 Å². The van der Waals surface area contributed by atoms with Gasteiger partial charge in [-0.25, -0.2) is 4.79 Å². The van der Waals surface area contributed by atoms with E-state index in [-0.39, 0.29) is 5.97 Å². The second kappa shape index (κ2) is 8.95. The molecule has 0 aromatic rings. The zero-order chi connectivity index (χ0) is 14.9. The summed E-state index contributed by atoms with van der Waals surface area (Å²) in [6.45, 7) is 11.1. The Balaban J connectivity index is 3.93. The molecule has 0 amide bonds. The SMILES string of the molecule is COC(=O)C=C(C)C=CCC(C)CCCC(C)(C)C. The maximum atomic E-state index is 11.0. The zero-order valence-corrected chi connectivity index (χ0v) is 13.5. The van der Waals surface area contributed by atoms with Crippen LogP contribution in [0.1, 0.15) is 60.3 Å². The van der Waals surface area contributed by atoms with Crippen LogP contribution in [0, 0.1) is 11.3 Å². The fourth-order valence-electron chi connectivity index (χ4n) is 1.88. The third-order valence-electron chi connectivity index (χ3n) is 3.09. The van der Waals surface area contributed by atoms with Gasteiger partial charge in [0.25, 0.3) is 0 Å². The standard InChI is InChI=1S/C17H30O2/c1-14(11-8-12-17(3,4)5)9-7-10-15(2)13-16(18)19-6/h7,10,13-14H,8-9,11-12H2,1-6H3. The quantitative estimate of drug-likeness (QED) is 0.372. The minimum atomic E-state index is -0.291. The molecule has 0 bridgehead atoms. The number of esters is 1. The van der Waals surface area contributed by atoms with E-state index in [9.17, 15) is 4.79 Å². The predicted molar refractivity (Wildman–Crippen MR) is 82.0 cm³/mol. The van der Waals surface area contributed by atoms with Crippen molar-refractivity contribution >= 4 is 5.97 Å². The second-order valence-corrected chi connectivity index (χ2v) is 6.61. The first-order valence-electron chi connectivity index (χ1n) is 7.17. The summed E-state index contributed by atoms with van der Waals surface area (Å²) >= 11 is 0. The van der Waals surface area contributed by atoms with E-state index in [1.807, 2.05) is 13.0 Å². The molecule has 0 aliphatic heterocycles. The Bertz CT molecular complexity index is 319. The lowest BCUT2D eigenvalue weighted by Crippen LogP contribution is -2.05. The Kier molecular flexibility index (Phi) is 8.46. The molecule has 0 rings (SSSR count). The van der Waals surface area contributed by atoms with Crippen LogP contribution in [0.25, 0.3) is 0 Å². The van der Waals surface area contributed by atoms with Crippen molar-refractivity contribution in [1.82, 2.24) is 0 Å². The van der Waals surface area contributed by atoms with Gasteiger partial charge < -0.3 is 4.74 Å². The number of ether oxygens (including phenoxy) is 1. The number of carbonyl (C=O) groups is 1. The summed E-state index contributed by atoms with van der Waals surface area (Å²) in [6.07, 6.45) is 10.6. The predicted octanol–water partition coefficient (Wildman–Crippen LogP) is 4.90. The molecule has 0 fully saturated rings. The fourth-order valence-corrected chi connectivity index (χ4v) is 1.88. The molecule has 1 unspecified atom stereocenters. The van der Waals surface area contributed by atoms with E-state index in [2.05, 4.69) is 38.5 Å². The molecule has 19 heavy (non-hydrogen) atoms. The molecule has 0 saturated heterocycles. The highest BCUT2D eigenvalue weighted by Crippen LogP contribution is 2.24. The lowest BCUT2D eigenvalue weighted by molar-refractivity contribution is -0.134. The van der Waals surface area contributed by atoms with E-state index in [0.717, 1.165) is 12.0 Å². The van der Waals surface area contributed by atoms with E-state index in [1.54, 1.807) is 0 Å². The minimum absolute atomic E-state index is 0.291. The van der Waals surface area contributed by atoms with Gasteiger partial charge >= 0.3 is 5.97 Å². The van der Waals surface area contributed by atoms with Crippen LogP contribution in [0.3, 0.4) is 0 Å². The third-order valence-corrected chi connectivity index (χ3v) is 3.09. The first-order valence-corrected chi connectivity index (χ1v) is 7.17. The first-order chi connectivity index (χ1) is 8.74. The first kappa shape index (κ1) is 17.9. The Hall–Kier alpha value is -1.05. The highest BCUT2D eigenvalue weighted by atomic mass is 16.5. The van der Waals surface area contributed by atoms with E-state index >= 15 is 0 Å². The Morgan fingerprint density at radius 3 is 2.47 bits per heavy atom. The van der Waals surface area contributed by atoms with Gasteiger partial charge in [0.2, 0.25) is 0 Å². The van der Waals surface area contributed by atoms with E-state index < -0.39 is 0 Å². The van der Waals surface area contributed by atoms with E-state index in [4.69, 9.17) is 0 Å². The molecule has 2 heteroatoms. The van der Waals surface area contributed by atoms with E-state index in [0.29, 0.717) is 11.3 Å². The van der Waals surface area contributed by atoms with E-state index in [1.165, 1.54) is 32.4 Å². The van der Waals surface area contributed by atoms with Crippen molar-refractivity contribution in [3.8, 4) is 0 Å². The van der Waals surface area contributed by atoms with Gasteiger partial charge in [-0.2, -0.15) is 0 Å². The molecule has 0 aliphatic carbocycles. The molecule has 0 saturated carbocycles. The lowest BCUT2D eigenvalue weighted by atomic mass is 9.87. The molecule has 0 heterocycles. The zero-order valence-electron chi connectivity index (χ0n) is 13.5. The highest BCUT2D eigenvalue weighted by molar-refractivity contribution is 5.83. The summed E-state index contributed by atoms with van der Waals surface area (Å²) in [5.74, 6) is 0.407. The van der Waals surface area contributed by atoms with Gasteiger partial charge in [0, 0.05) is 6.08 Å². The summed E-state index contributed by atoms with van der Waals surface area (Å²) in [4.78, 5) is 11.0. The summed E-state index contributed by atoms with van der Waals surface area (Å²) in [7, 11) is 1.40. The Morgan fingerprint density at radius 2 is 1.95 bits per heavy atom. The van der Waals surface area contributed by atoms with Crippen LogP contribution in [0.4, 0.5) is 0 Å². The maximum absolute atomic E-state index is 11.0. The van der Waals surface area contributed by atoms with Crippen LogP contribution in [0.5, 0.6) is 0 Å². The molecule has 0 spiro atoms. The summed E-state index contributed by atoms with van der Waals surface area (Å²) in [5.41, 5.74) is 1.38. The van der Waals surface area contributed by atoms with Crippen LogP contribution in [0.2, 0.25) is 0 Å². The van der Waals surface area contributed by atoms with Gasteiger partial charge in [-0.15, -0.1) is 0 Å². The van der Waals surface area contributed by atoms with Crippen LogP contribution in [-0.2, 0) is 9.53 Å². The van der Waals surface area contributed by atoms with Crippen molar-refractivity contribution in [2.45, 2.75) is 60.3 Å². The smallest absolute Gasteiger partial charge is 0.330 e. The average molecular weight is 266 g/mol. The van der Waals surface area contributed by atoms with Crippen LogP contribution in [-0.4, -0.2) is 13.1 Å². The molecular formula is C17H30O2. The number of hydrogen-bond donors (Lipinski definition) is 0. The topological polar surface area (TPSA) is 26.3 Å². The summed E-state index contributed by atoms with van der Waals surface area (Å²) in [6, 6.07) is 0. The van der Waals surface area contributed by atoms with Crippen molar-refractivity contribution in [3.05, 3.63) is 23.8 Å².